The molecule has 0 fully saturated rings. The third-order valence-electron chi connectivity index (χ3n) is 5.09. The van der Waals surface area contributed by atoms with E-state index in [0.29, 0.717) is 11.3 Å². The van der Waals surface area contributed by atoms with Crippen molar-refractivity contribution in [3.05, 3.63) is 0 Å². The standard InChI is InChI=1S/C22H46O2/c1-19(2,3)13-16(20(4,5)6)15-24-18(22(10,11)12)17(14-23)21(7,8)9/h16-18,23H,13-15H2,1-12H3. The molecule has 0 radical (unpaired) electrons. The van der Waals surface area contributed by atoms with Crippen LogP contribution in [0, 0.1) is 33.5 Å². The summed E-state index contributed by atoms with van der Waals surface area (Å²) in [6.07, 6.45) is 1.19. The molecule has 0 rings (SSSR count). The lowest BCUT2D eigenvalue weighted by atomic mass is 9.69. The fourth-order valence-corrected chi connectivity index (χ4v) is 3.37. The number of aliphatic hydroxyl groups excluding tert-OH is 1. The summed E-state index contributed by atoms with van der Waals surface area (Å²) in [6.45, 7) is 28.1. The zero-order valence-electron chi connectivity index (χ0n) is 18.7. The van der Waals surface area contributed by atoms with Crippen molar-refractivity contribution in [2.75, 3.05) is 13.2 Å². The quantitative estimate of drug-likeness (QED) is 0.625. The van der Waals surface area contributed by atoms with Gasteiger partial charge in [-0.1, -0.05) is 83.1 Å². The molecule has 0 spiro atoms. The number of ether oxygens (including phenoxy) is 1. The van der Waals surface area contributed by atoms with Crippen LogP contribution in [-0.4, -0.2) is 24.4 Å². The molecule has 0 aliphatic carbocycles. The Hall–Kier alpha value is -0.0800. The van der Waals surface area contributed by atoms with E-state index >= 15 is 0 Å². The van der Waals surface area contributed by atoms with Crippen LogP contribution < -0.4 is 0 Å². The molecule has 0 amide bonds. The van der Waals surface area contributed by atoms with Crippen molar-refractivity contribution < 1.29 is 9.84 Å². The Morgan fingerprint density at radius 1 is 0.708 bits per heavy atom. The maximum atomic E-state index is 10.0. The Morgan fingerprint density at radius 2 is 1.17 bits per heavy atom. The van der Waals surface area contributed by atoms with E-state index < -0.39 is 0 Å². The van der Waals surface area contributed by atoms with Crippen molar-refractivity contribution in [2.24, 2.45) is 33.5 Å². The summed E-state index contributed by atoms with van der Waals surface area (Å²) >= 11 is 0. The molecule has 1 N–H and O–H groups in total. The third kappa shape index (κ3) is 8.34. The van der Waals surface area contributed by atoms with Crippen LogP contribution in [0.25, 0.3) is 0 Å². The molecular formula is C22H46O2. The zero-order valence-corrected chi connectivity index (χ0v) is 18.7. The molecule has 0 aliphatic heterocycles. The number of rotatable bonds is 6. The Balaban J connectivity index is 5.36. The van der Waals surface area contributed by atoms with E-state index in [1.165, 1.54) is 0 Å². The summed E-state index contributed by atoms with van der Waals surface area (Å²) in [4.78, 5) is 0. The fraction of sp³-hybridized carbons (Fsp3) is 1.00. The topological polar surface area (TPSA) is 29.5 Å². The predicted octanol–water partition coefficient (Wildman–Crippen LogP) is 6.17. The molecule has 24 heavy (non-hydrogen) atoms. The highest BCUT2D eigenvalue weighted by atomic mass is 16.5. The van der Waals surface area contributed by atoms with Crippen molar-refractivity contribution in [1.29, 1.82) is 0 Å². The maximum Gasteiger partial charge on any atom is 0.0678 e. The van der Waals surface area contributed by atoms with E-state index in [2.05, 4.69) is 83.1 Å². The zero-order chi connectivity index (χ0) is 19.6. The van der Waals surface area contributed by atoms with E-state index in [0.717, 1.165) is 13.0 Å². The Morgan fingerprint density at radius 3 is 1.42 bits per heavy atom. The molecule has 3 unspecified atom stereocenters. The molecule has 146 valence electrons. The van der Waals surface area contributed by atoms with Crippen LogP contribution in [0.1, 0.15) is 89.5 Å². The molecule has 0 heterocycles. The monoisotopic (exact) mass is 342 g/mol. The Kier molecular flexibility index (Phi) is 8.05. The summed E-state index contributed by atoms with van der Waals surface area (Å²) in [7, 11) is 0. The lowest BCUT2D eigenvalue weighted by molar-refractivity contribution is -0.118. The summed E-state index contributed by atoms with van der Waals surface area (Å²) in [5.41, 5.74) is 0.532. The van der Waals surface area contributed by atoms with Gasteiger partial charge in [0.1, 0.15) is 0 Å². The van der Waals surface area contributed by atoms with Crippen LogP contribution in [0.2, 0.25) is 0 Å². The molecule has 0 bridgehead atoms. The molecule has 0 aromatic rings. The van der Waals surface area contributed by atoms with Crippen LogP contribution in [0.3, 0.4) is 0 Å². The second-order valence-corrected chi connectivity index (χ2v) is 12.1. The van der Waals surface area contributed by atoms with Gasteiger partial charge in [0.05, 0.1) is 12.7 Å². The molecule has 3 atom stereocenters. The van der Waals surface area contributed by atoms with Crippen molar-refractivity contribution in [3.8, 4) is 0 Å². The van der Waals surface area contributed by atoms with Gasteiger partial charge in [0.25, 0.3) is 0 Å². The molecule has 0 aliphatic rings. The van der Waals surface area contributed by atoms with Crippen molar-refractivity contribution in [3.63, 3.8) is 0 Å². The van der Waals surface area contributed by atoms with Gasteiger partial charge < -0.3 is 9.84 Å². The summed E-state index contributed by atoms with van der Waals surface area (Å²) < 4.78 is 6.56. The number of hydrogen-bond acceptors (Lipinski definition) is 2. The van der Waals surface area contributed by atoms with Gasteiger partial charge in [-0.3, -0.25) is 0 Å². The van der Waals surface area contributed by atoms with Crippen LogP contribution in [0.15, 0.2) is 0 Å². The molecule has 2 heteroatoms. The smallest absolute Gasteiger partial charge is 0.0678 e. The number of aliphatic hydroxyl groups is 1. The molecule has 0 saturated carbocycles. The highest BCUT2D eigenvalue weighted by Crippen LogP contribution is 2.41. The second kappa shape index (κ2) is 8.08. The van der Waals surface area contributed by atoms with Crippen LogP contribution in [0.5, 0.6) is 0 Å². The largest absolute Gasteiger partial charge is 0.396 e. The minimum atomic E-state index is 0.00481. The van der Waals surface area contributed by atoms with Gasteiger partial charge in [0, 0.05) is 12.5 Å². The van der Waals surface area contributed by atoms with E-state index in [9.17, 15) is 5.11 Å². The molecular weight excluding hydrogens is 296 g/mol. The molecule has 0 aromatic heterocycles. The summed E-state index contributed by atoms with van der Waals surface area (Å²) in [5.74, 6) is 0.634. The van der Waals surface area contributed by atoms with Crippen molar-refractivity contribution in [2.45, 2.75) is 95.6 Å². The minimum absolute atomic E-state index is 0.00481. The van der Waals surface area contributed by atoms with E-state index in [1.807, 2.05) is 0 Å². The lowest BCUT2D eigenvalue weighted by Crippen LogP contribution is -2.46. The molecule has 0 saturated heterocycles. The first kappa shape index (κ1) is 23.9. The second-order valence-electron chi connectivity index (χ2n) is 12.1. The van der Waals surface area contributed by atoms with Gasteiger partial charge >= 0.3 is 0 Å². The first-order valence-electron chi connectivity index (χ1n) is 9.62. The average molecular weight is 343 g/mol. The maximum absolute atomic E-state index is 10.0. The summed E-state index contributed by atoms with van der Waals surface area (Å²) in [6, 6.07) is 0. The van der Waals surface area contributed by atoms with Gasteiger partial charge in [-0.15, -0.1) is 0 Å². The SMILES string of the molecule is CC(C)(C)CC(COC(C(CO)C(C)(C)C)C(C)(C)C)C(C)(C)C. The van der Waals surface area contributed by atoms with Gasteiger partial charge in [-0.2, -0.15) is 0 Å². The predicted molar refractivity (Wildman–Crippen MR) is 106 cm³/mol. The molecule has 0 aromatic carbocycles. The first-order valence-corrected chi connectivity index (χ1v) is 9.62. The lowest BCUT2D eigenvalue weighted by Gasteiger charge is -2.44. The van der Waals surface area contributed by atoms with Crippen LogP contribution in [-0.2, 0) is 4.74 Å². The molecule has 2 nitrogen and oxygen atoms in total. The van der Waals surface area contributed by atoms with E-state index in [4.69, 9.17) is 4.74 Å². The van der Waals surface area contributed by atoms with Gasteiger partial charge in [0.15, 0.2) is 0 Å². The fourth-order valence-electron chi connectivity index (χ4n) is 3.37. The Labute approximate surface area is 152 Å². The highest BCUT2D eigenvalue weighted by molar-refractivity contribution is 4.89. The minimum Gasteiger partial charge on any atom is -0.396 e. The van der Waals surface area contributed by atoms with Gasteiger partial charge in [-0.05, 0) is 34.0 Å². The van der Waals surface area contributed by atoms with E-state index in [-0.39, 0.29) is 34.9 Å². The van der Waals surface area contributed by atoms with Gasteiger partial charge in [0.2, 0.25) is 0 Å². The highest BCUT2D eigenvalue weighted by Gasteiger charge is 2.40. The van der Waals surface area contributed by atoms with E-state index in [1.54, 1.807) is 0 Å². The Bertz CT molecular complexity index is 357. The van der Waals surface area contributed by atoms with Crippen LogP contribution in [0.4, 0.5) is 0 Å². The van der Waals surface area contributed by atoms with Crippen LogP contribution >= 0.6 is 0 Å². The third-order valence-corrected chi connectivity index (χ3v) is 5.09. The summed E-state index contributed by atoms with van der Waals surface area (Å²) in [5, 5.41) is 10.0. The van der Waals surface area contributed by atoms with Crippen molar-refractivity contribution >= 4 is 0 Å². The van der Waals surface area contributed by atoms with Gasteiger partial charge in [-0.25, -0.2) is 0 Å². The normalized spacial score (nSPS) is 18.4. The number of hydrogen-bond donors (Lipinski definition) is 1. The first-order chi connectivity index (χ1) is 10.4. The average Bonchev–Trinajstić information content (AvgIpc) is 2.26. The van der Waals surface area contributed by atoms with Crippen molar-refractivity contribution in [1.82, 2.24) is 0 Å².